The van der Waals surface area contributed by atoms with E-state index in [0.717, 1.165) is 16.7 Å². The minimum Gasteiger partial charge on any atom is -0.380 e. The molecule has 9 heteroatoms. The first-order valence-electron chi connectivity index (χ1n) is 9.29. The molecule has 0 saturated heterocycles. The van der Waals surface area contributed by atoms with E-state index in [1.54, 1.807) is 23.9 Å². The van der Waals surface area contributed by atoms with Crippen LogP contribution in [0.25, 0.3) is 5.65 Å². The second kappa shape index (κ2) is 7.41. The summed E-state index contributed by atoms with van der Waals surface area (Å²) < 4.78 is 20.7. The van der Waals surface area contributed by atoms with Gasteiger partial charge in [0.2, 0.25) is 0 Å². The van der Waals surface area contributed by atoms with Gasteiger partial charge in [-0.25, -0.2) is 29.2 Å². The average molecular weight is 398 g/mol. The number of amidine groups is 1. The minimum atomic E-state index is -0.650. The van der Waals surface area contributed by atoms with Crippen molar-refractivity contribution in [3.05, 3.63) is 59.2 Å². The Morgan fingerprint density at radius 2 is 2.17 bits per heavy atom. The Bertz CT molecular complexity index is 1080. The van der Waals surface area contributed by atoms with Crippen molar-refractivity contribution in [3.8, 4) is 0 Å². The number of anilines is 1. The number of methoxy groups -OCH3 is 1. The lowest BCUT2D eigenvalue weighted by molar-refractivity contribution is -0.0269. The lowest BCUT2D eigenvalue weighted by Crippen LogP contribution is -2.23. The van der Waals surface area contributed by atoms with E-state index in [9.17, 15) is 4.39 Å². The van der Waals surface area contributed by atoms with Gasteiger partial charge >= 0.3 is 0 Å². The summed E-state index contributed by atoms with van der Waals surface area (Å²) in [4.78, 5) is 14.6. The third-order valence-electron chi connectivity index (χ3n) is 4.64. The third-order valence-corrected chi connectivity index (χ3v) is 4.64. The number of aromatic nitrogens is 3. The summed E-state index contributed by atoms with van der Waals surface area (Å²) in [6.45, 7) is 6.08. The van der Waals surface area contributed by atoms with Crippen molar-refractivity contribution in [1.29, 1.82) is 0 Å². The molecule has 1 aromatic carbocycles. The highest BCUT2D eigenvalue weighted by Gasteiger charge is 2.28. The highest BCUT2D eigenvalue weighted by molar-refractivity contribution is 6.03. The minimum absolute atomic E-state index is 0.179. The van der Waals surface area contributed by atoms with Crippen LogP contribution < -0.4 is 10.8 Å². The van der Waals surface area contributed by atoms with Gasteiger partial charge < -0.3 is 10.1 Å². The van der Waals surface area contributed by atoms with Gasteiger partial charge in [-0.1, -0.05) is 6.07 Å². The van der Waals surface area contributed by atoms with E-state index < -0.39 is 5.72 Å². The lowest BCUT2D eigenvalue weighted by atomic mass is 10.0. The van der Waals surface area contributed by atoms with Crippen LogP contribution in [0.15, 0.2) is 41.7 Å². The zero-order valence-corrected chi connectivity index (χ0v) is 16.7. The van der Waals surface area contributed by atoms with Gasteiger partial charge in [0, 0.05) is 13.3 Å². The predicted octanol–water partition coefficient (Wildman–Crippen LogP) is 3.21. The smallest absolute Gasteiger partial charge is 0.182 e. The molecule has 29 heavy (non-hydrogen) atoms. The second-order valence-corrected chi connectivity index (χ2v) is 7.39. The molecule has 3 aromatic rings. The maximum Gasteiger partial charge on any atom is 0.182 e. The molecule has 3 heterocycles. The van der Waals surface area contributed by atoms with Crippen molar-refractivity contribution in [3.63, 3.8) is 0 Å². The van der Waals surface area contributed by atoms with Crippen molar-refractivity contribution < 1.29 is 14.0 Å². The van der Waals surface area contributed by atoms with Gasteiger partial charge in [-0.3, -0.25) is 0 Å². The first kappa shape index (κ1) is 19.3. The Balaban J connectivity index is 1.64. The standard InChI is InChI=1S/C20H23FN6O2/c1-12(15-9-14(21)6-5-13(15)11-28-4)23-17-7-8-27-19(24-17)16(10-22-27)18-25-20(2,3)29-26-18/h5-10,12H,11H2,1-4H3,(H,23,24)(H,25,26)/t12-/m1/s1. The first-order chi connectivity index (χ1) is 13.9. The number of nitrogens with one attached hydrogen (secondary N) is 2. The first-order valence-corrected chi connectivity index (χ1v) is 9.29. The fourth-order valence-electron chi connectivity index (χ4n) is 3.28. The van der Waals surface area contributed by atoms with Crippen LogP contribution in [0.1, 0.15) is 43.5 Å². The van der Waals surface area contributed by atoms with Crippen LogP contribution in [-0.2, 0) is 16.2 Å². The summed E-state index contributed by atoms with van der Waals surface area (Å²) in [7, 11) is 1.62. The summed E-state index contributed by atoms with van der Waals surface area (Å²) in [5.74, 6) is 0.927. The topological polar surface area (TPSA) is 85.1 Å². The van der Waals surface area contributed by atoms with Crippen LogP contribution in [0.4, 0.5) is 10.2 Å². The Hall–Kier alpha value is -3.04. The molecular weight excluding hydrogens is 375 g/mol. The van der Waals surface area contributed by atoms with Gasteiger partial charge in [0.05, 0.1) is 24.4 Å². The summed E-state index contributed by atoms with van der Waals surface area (Å²) >= 11 is 0. The number of halogens is 1. The maximum absolute atomic E-state index is 13.8. The van der Waals surface area contributed by atoms with Crippen LogP contribution in [-0.4, -0.2) is 33.3 Å². The molecule has 0 aliphatic carbocycles. The van der Waals surface area contributed by atoms with Crippen molar-refractivity contribution >= 4 is 17.3 Å². The largest absolute Gasteiger partial charge is 0.380 e. The number of fused-ring (bicyclic) bond motifs is 1. The Kier molecular flexibility index (Phi) is 4.93. The number of hydrogen-bond acceptors (Lipinski definition) is 7. The molecule has 1 atom stereocenters. The number of hydroxylamine groups is 1. The monoisotopic (exact) mass is 398 g/mol. The Morgan fingerprint density at radius 1 is 1.34 bits per heavy atom. The quantitative estimate of drug-likeness (QED) is 0.663. The molecule has 0 unspecified atom stereocenters. The van der Waals surface area contributed by atoms with Crippen molar-refractivity contribution in [1.82, 2.24) is 20.1 Å². The van der Waals surface area contributed by atoms with Crippen molar-refractivity contribution in [2.45, 2.75) is 39.1 Å². The molecule has 0 saturated carbocycles. The van der Waals surface area contributed by atoms with Gasteiger partial charge in [0.1, 0.15) is 11.6 Å². The van der Waals surface area contributed by atoms with Gasteiger partial charge in [0.15, 0.2) is 17.2 Å². The number of nitrogens with zero attached hydrogens (tertiary/aromatic N) is 4. The zero-order valence-electron chi connectivity index (χ0n) is 16.7. The molecule has 152 valence electrons. The highest BCUT2D eigenvalue weighted by Crippen LogP contribution is 2.25. The number of rotatable bonds is 6. The fourth-order valence-corrected chi connectivity index (χ4v) is 3.28. The molecule has 1 aliphatic heterocycles. The van der Waals surface area contributed by atoms with Crippen LogP contribution in [0.5, 0.6) is 0 Å². The van der Waals surface area contributed by atoms with Crippen LogP contribution in [0.2, 0.25) is 0 Å². The zero-order chi connectivity index (χ0) is 20.6. The number of ether oxygens (including phenoxy) is 1. The van der Waals surface area contributed by atoms with E-state index in [1.807, 2.05) is 33.0 Å². The second-order valence-electron chi connectivity index (χ2n) is 7.39. The molecule has 0 amide bonds. The summed E-state index contributed by atoms with van der Waals surface area (Å²) in [6, 6.07) is 6.34. The van der Waals surface area contributed by atoms with Gasteiger partial charge in [-0.05, 0) is 50.1 Å². The van der Waals surface area contributed by atoms with E-state index >= 15 is 0 Å². The summed E-state index contributed by atoms with van der Waals surface area (Å²) in [5, 5.41) is 7.66. The molecule has 0 radical (unpaired) electrons. The normalized spacial score (nSPS) is 16.5. The molecule has 2 aromatic heterocycles. The lowest BCUT2D eigenvalue weighted by Gasteiger charge is -2.18. The van der Waals surface area contributed by atoms with Crippen LogP contribution in [0, 0.1) is 5.82 Å². The fraction of sp³-hybridized carbons (Fsp3) is 0.350. The van der Waals surface area contributed by atoms with Crippen LogP contribution in [0.3, 0.4) is 0 Å². The molecule has 0 bridgehead atoms. The van der Waals surface area contributed by atoms with E-state index in [1.165, 1.54) is 12.1 Å². The van der Waals surface area contributed by atoms with E-state index in [0.29, 0.717) is 23.9 Å². The SMILES string of the molecule is COCc1ccc(F)cc1[C@@H](C)Nc1ccn2ncc(C3=NC(C)(C)ON3)c2n1. The molecule has 2 N–H and O–H groups in total. The van der Waals surface area contributed by atoms with E-state index in [-0.39, 0.29) is 11.9 Å². The van der Waals surface area contributed by atoms with Crippen LogP contribution >= 0.6 is 0 Å². The molecule has 4 rings (SSSR count). The van der Waals surface area contributed by atoms with Gasteiger partial charge in [-0.15, -0.1) is 0 Å². The number of benzene rings is 1. The third kappa shape index (κ3) is 3.92. The maximum atomic E-state index is 13.8. The van der Waals surface area contributed by atoms with Gasteiger partial charge in [0.25, 0.3) is 0 Å². The molecular formula is C20H23FN6O2. The Labute approximate surface area is 167 Å². The molecule has 0 fully saturated rings. The Morgan fingerprint density at radius 3 is 2.90 bits per heavy atom. The highest BCUT2D eigenvalue weighted by atomic mass is 19.1. The van der Waals surface area contributed by atoms with E-state index in [2.05, 4.69) is 25.9 Å². The molecule has 0 spiro atoms. The summed E-state index contributed by atoms with van der Waals surface area (Å²) in [5.41, 5.74) is 5.29. The van der Waals surface area contributed by atoms with Crippen molar-refractivity contribution in [2.75, 3.05) is 12.4 Å². The van der Waals surface area contributed by atoms with Crippen molar-refractivity contribution in [2.24, 2.45) is 4.99 Å². The molecule has 1 aliphatic rings. The van der Waals surface area contributed by atoms with Gasteiger partial charge in [-0.2, -0.15) is 5.10 Å². The predicted molar refractivity (Wildman–Crippen MR) is 107 cm³/mol. The molecule has 8 nitrogen and oxygen atoms in total. The van der Waals surface area contributed by atoms with E-state index in [4.69, 9.17) is 9.57 Å². The number of hydrogen-bond donors (Lipinski definition) is 2. The summed E-state index contributed by atoms with van der Waals surface area (Å²) in [6.07, 6.45) is 3.50. The number of aliphatic imine (C=N–C) groups is 1. The average Bonchev–Trinajstić information content (AvgIpc) is 3.25.